The normalized spacial score (nSPS) is 13.5. The Morgan fingerprint density at radius 1 is 1.47 bits per heavy atom. The Morgan fingerprint density at radius 3 is 2.42 bits per heavy atom. The summed E-state index contributed by atoms with van der Waals surface area (Å²) in [6, 6.07) is 1.50. The fourth-order valence-electron chi connectivity index (χ4n) is 1.34. The molecule has 0 aromatic carbocycles. The van der Waals surface area contributed by atoms with E-state index in [1.165, 1.54) is 17.4 Å². The highest BCUT2D eigenvalue weighted by molar-refractivity contribution is 7.12. The molecule has 1 rings (SSSR count). The van der Waals surface area contributed by atoms with E-state index in [-0.39, 0.29) is 24.2 Å². The van der Waals surface area contributed by atoms with Crippen molar-refractivity contribution in [3.8, 4) is 0 Å². The van der Waals surface area contributed by atoms with Gasteiger partial charge in [0.05, 0.1) is 16.0 Å². The van der Waals surface area contributed by atoms with E-state index < -0.39 is 11.4 Å². The van der Waals surface area contributed by atoms with Gasteiger partial charge in [-0.2, -0.15) is 0 Å². The Bertz CT molecular complexity index is 462. The Kier molecular flexibility index (Phi) is 6.48. The Hall–Kier alpha value is -1.11. The average Bonchev–Trinajstić information content (AvgIpc) is 2.77. The van der Waals surface area contributed by atoms with Crippen LogP contribution < -0.4 is 16.8 Å². The van der Waals surface area contributed by atoms with Gasteiger partial charge in [-0.3, -0.25) is 9.59 Å². The lowest BCUT2D eigenvalue weighted by Gasteiger charge is -2.33. The van der Waals surface area contributed by atoms with Crippen molar-refractivity contribution >= 4 is 35.6 Å². The lowest BCUT2D eigenvalue weighted by atomic mass is 9.88. The molecule has 1 unspecified atom stereocenters. The van der Waals surface area contributed by atoms with Crippen LogP contribution in [0.15, 0.2) is 11.4 Å². The number of hydrogen-bond donors (Lipinski definition) is 3. The smallest absolute Gasteiger partial charge is 0.261 e. The van der Waals surface area contributed by atoms with Gasteiger partial charge in [0.25, 0.3) is 5.91 Å². The Labute approximate surface area is 123 Å². The maximum atomic E-state index is 12.1. The summed E-state index contributed by atoms with van der Waals surface area (Å²) in [7, 11) is 0. The second-order valence-corrected chi connectivity index (χ2v) is 5.71. The van der Waals surface area contributed by atoms with Crippen LogP contribution in [0.2, 0.25) is 0 Å². The topological polar surface area (TPSA) is 98.2 Å². The molecule has 2 amide bonds. The van der Waals surface area contributed by atoms with Gasteiger partial charge in [0.15, 0.2) is 0 Å². The van der Waals surface area contributed by atoms with Crippen molar-refractivity contribution in [3.05, 3.63) is 21.9 Å². The number of nitrogens with two attached hydrogens (primary N) is 2. The first kappa shape index (κ1) is 17.9. The largest absolute Gasteiger partial charge is 0.366 e. The third kappa shape index (κ3) is 4.19. The van der Waals surface area contributed by atoms with E-state index >= 15 is 0 Å². The van der Waals surface area contributed by atoms with Crippen molar-refractivity contribution in [1.29, 1.82) is 0 Å². The molecule has 0 aliphatic heterocycles. The Balaban J connectivity index is 0.00000324. The second kappa shape index (κ2) is 6.88. The van der Waals surface area contributed by atoms with Crippen LogP contribution >= 0.6 is 23.7 Å². The zero-order valence-electron chi connectivity index (χ0n) is 11.2. The van der Waals surface area contributed by atoms with E-state index in [1.54, 1.807) is 5.38 Å². The summed E-state index contributed by atoms with van der Waals surface area (Å²) < 4.78 is 0. The van der Waals surface area contributed by atoms with Crippen molar-refractivity contribution in [2.45, 2.75) is 26.3 Å². The first-order chi connectivity index (χ1) is 8.30. The van der Waals surface area contributed by atoms with Crippen LogP contribution in [0.1, 0.15) is 40.8 Å². The number of amides is 2. The summed E-state index contributed by atoms with van der Waals surface area (Å²) in [4.78, 5) is 23.5. The molecule has 0 aliphatic rings. The number of carbonyl (C=O) groups is 2. The highest BCUT2D eigenvalue weighted by Gasteiger charge is 2.29. The van der Waals surface area contributed by atoms with Crippen molar-refractivity contribution in [1.82, 2.24) is 5.32 Å². The maximum Gasteiger partial charge on any atom is 0.261 e. The summed E-state index contributed by atoms with van der Waals surface area (Å²) >= 11 is 1.20. The molecule has 0 spiro atoms. The van der Waals surface area contributed by atoms with Gasteiger partial charge >= 0.3 is 0 Å². The highest BCUT2D eigenvalue weighted by atomic mass is 35.5. The van der Waals surface area contributed by atoms with Crippen LogP contribution in [0.4, 0.5) is 0 Å². The molecule has 0 radical (unpaired) electrons. The number of hydrogen-bond acceptors (Lipinski definition) is 4. The molecule has 0 fully saturated rings. The summed E-state index contributed by atoms with van der Waals surface area (Å²) in [5.41, 5.74) is 10.7. The molecule has 19 heavy (non-hydrogen) atoms. The zero-order chi connectivity index (χ0) is 13.9. The number of primary amides is 1. The molecule has 5 nitrogen and oxygen atoms in total. The molecular weight excluding hydrogens is 286 g/mol. The first-order valence-corrected chi connectivity index (χ1v) is 6.59. The lowest BCUT2D eigenvalue weighted by molar-refractivity contribution is 0.0887. The van der Waals surface area contributed by atoms with Crippen LogP contribution in [0, 0.1) is 5.92 Å². The van der Waals surface area contributed by atoms with E-state index in [9.17, 15) is 9.59 Å². The van der Waals surface area contributed by atoms with Gasteiger partial charge in [0.2, 0.25) is 5.91 Å². The number of rotatable bonds is 5. The molecular formula is C12H20ClN3O2S. The summed E-state index contributed by atoms with van der Waals surface area (Å²) in [5.74, 6) is -0.549. The fraction of sp³-hybridized carbons (Fsp3) is 0.500. The average molecular weight is 306 g/mol. The summed E-state index contributed by atoms with van der Waals surface area (Å²) in [6.45, 7) is 6.25. The molecule has 1 atom stereocenters. The predicted octanol–water partition coefficient (Wildman–Crippen LogP) is 1.37. The zero-order valence-corrected chi connectivity index (χ0v) is 12.9. The molecule has 1 heterocycles. The summed E-state index contributed by atoms with van der Waals surface area (Å²) in [6.07, 6.45) is 0. The maximum absolute atomic E-state index is 12.1. The van der Waals surface area contributed by atoms with Crippen LogP contribution in [0.3, 0.4) is 0 Å². The van der Waals surface area contributed by atoms with E-state index in [0.717, 1.165) is 0 Å². The van der Waals surface area contributed by atoms with Gasteiger partial charge in [-0.25, -0.2) is 0 Å². The van der Waals surface area contributed by atoms with Gasteiger partial charge < -0.3 is 16.8 Å². The van der Waals surface area contributed by atoms with Crippen LogP contribution in [-0.2, 0) is 0 Å². The molecule has 0 aliphatic carbocycles. The Morgan fingerprint density at radius 2 is 2.05 bits per heavy atom. The van der Waals surface area contributed by atoms with Gasteiger partial charge in [0, 0.05) is 11.9 Å². The van der Waals surface area contributed by atoms with Gasteiger partial charge in [0.1, 0.15) is 0 Å². The molecule has 1 aromatic heterocycles. The van der Waals surface area contributed by atoms with Crippen molar-refractivity contribution < 1.29 is 9.59 Å². The highest BCUT2D eigenvalue weighted by Crippen LogP contribution is 2.19. The SMILES string of the molecule is CC(C)C(C)(CN)NC(=O)c1cc(C(N)=O)cs1.Cl. The van der Waals surface area contributed by atoms with Gasteiger partial charge in [-0.05, 0) is 18.9 Å². The van der Waals surface area contributed by atoms with Crippen LogP contribution in [0.5, 0.6) is 0 Å². The van der Waals surface area contributed by atoms with Crippen molar-refractivity contribution in [2.24, 2.45) is 17.4 Å². The second-order valence-electron chi connectivity index (χ2n) is 4.79. The number of halogens is 1. The number of thiophene rings is 1. The third-order valence-electron chi connectivity index (χ3n) is 3.21. The van der Waals surface area contributed by atoms with Crippen molar-refractivity contribution in [2.75, 3.05) is 6.54 Å². The number of carbonyl (C=O) groups excluding carboxylic acids is 2. The quantitative estimate of drug-likeness (QED) is 0.766. The van der Waals surface area contributed by atoms with E-state index in [2.05, 4.69) is 5.32 Å². The monoisotopic (exact) mass is 305 g/mol. The van der Waals surface area contributed by atoms with Gasteiger partial charge in [-0.1, -0.05) is 13.8 Å². The third-order valence-corrected chi connectivity index (χ3v) is 4.13. The van der Waals surface area contributed by atoms with E-state index in [0.29, 0.717) is 17.0 Å². The van der Waals surface area contributed by atoms with Crippen LogP contribution in [-0.4, -0.2) is 23.9 Å². The van der Waals surface area contributed by atoms with E-state index in [4.69, 9.17) is 11.5 Å². The molecule has 5 N–H and O–H groups in total. The fourth-order valence-corrected chi connectivity index (χ4v) is 2.13. The minimum atomic E-state index is -0.532. The lowest BCUT2D eigenvalue weighted by Crippen LogP contribution is -2.54. The molecule has 108 valence electrons. The van der Waals surface area contributed by atoms with Crippen molar-refractivity contribution in [3.63, 3.8) is 0 Å². The van der Waals surface area contributed by atoms with E-state index in [1.807, 2.05) is 20.8 Å². The predicted molar refractivity (Wildman–Crippen MR) is 79.8 cm³/mol. The molecule has 7 heteroatoms. The molecule has 1 aromatic rings. The first-order valence-electron chi connectivity index (χ1n) is 5.71. The molecule has 0 saturated carbocycles. The molecule has 0 saturated heterocycles. The number of nitrogens with one attached hydrogen (secondary N) is 1. The molecule has 0 bridgehead atoms. The van der Waals surface area contributed by atoms with Gasteiger partial charge in [-0.15, -0.1) is 23.7 Å². The standard InChI is InChI=1S/C12H19N3O2S.ClH/c1-7(2)12(3,6-13)15-11(17)9-4-8(5-18-9)10(14)16;/h4-5,7H,6,13H2,1-3H3,(H2,14,16)(H,15,17);1H. The summed E-state index contributed by atoms with van der Waals surface area (Å²) in [5, 5.41) is 4.48. The minimum Gasteiger partial charge on any atom is -0.366 e. The minimum absolute atomic E-state index is 0. The van der Waals surface area contributed by atoms with Crippen LogP contribution in [0.25, 0.3) is 0 Å².